The Labute approximate surface area is 140 Å². The average Bonchev–Trinajstić information content (AvgIpc) is 2.53. The van der Waals surface area contributed by atoms with Crippen LogP contribution >= 0.6 is 23.2 Å². The van der Waals surface area contributed by atoms with Crippen LogP contribution in [0.25, 0.3) is 11.1 Å². The fraction of sp³-hybridized carbons (Fsp3) is 0.0526. The second-order valence-corrected chi connectivity index (χ2v) is 5.95. The summed E-state index contributed by atoms with van der Waals surface area (Å²) in [5.74, 6) is 0. The summed E-state index contributed by atoms with van der Waals surface area (Å²) < 4.78 is 0. The molecule has 0 saturated carbocycles. The number of rotatable bonds is 4. The highest BCUT2D eigenvalue weighted by Crippen LogP contribution is 2.23. The Hall–Kier alpha value is -1.96. The molecule has 3 aromatic rings. The van der Waals surface area contributed by atoms with E-state index < -0.39 is 0 Å². The van der Waals surface area contributed by atoms with Crippen molar-refractivity contribution in [2.45, 2.75) is 6.54 Å². The van der Waals surface area contributed by atoms with Crippen LogP contribution in [0, 0.1) is 0 Å². The van der Waals surface area contributed by atoms with E-state index in [9.17, 15) is 0 Å². The van der Waals surface area contributed by atoms with Gasteiger partial charge in [-0.1, -0.05) is 77.8 Å². The van der Waals surface area contributed by atoms with E-state index in [-0.39, 0.29) is 0 Å². The minimum Gasteiger partial charge on any atom is -0.381 e. The molecule has 0 heterocycles. The molecule has 1 nitrogen and oxygen atoms in total. The van der Waals surface area contributed by atoms with Gasteiger partial charge in [0.05, 0.1) is 0 Å². The normalized spacial score (nSPS) is 10.5. The molecule has 22 heavy (non-hydrogen) atoms. The largest absolute Gasteiger partial charge is 0.381 e. The molecule has 0 unspecified atom stereocenters. The number of hydrogen-bond donors (Lipinski definition) is 1. The smallest absolute Gasteiger partial charge is 0.0441 e. The van der Waals surface area contributed by atoms with Crippen molar-refractivity contribution in [2.24, 2.45) is 0 Å². The van der Waals surface area contributed by atoms with E-state index >= 15 is 0 Å². The van der Waals surface area contributed by atoms with Crippen molar-refractivity contribution in [1.29, 1.82) is 0 Å². The van der Waals surface area contributed by atoms with E-state index in [0.717, 1.165) is 12.2 Å². The summed E-state index contributed by atoms with van der Waals surface area (Å²) in [5.41, 5.74) is 4.57. The molecule has 0 aliphatic rings. The van der Waals surface area contributed by atoms with Gasteiger partial charge in [-0.3, -0.25) is 0 Å². The molecule has 0 saturated heterocycles. The highest BCUT2D eigenvalue weighted by molar-refractivity contribution is 6.35. The van der Waals surface area contributed by atoms with Crippen molar-refractivity contribution in [3.63, 3.8) is 0 Å². The van der Waals surface area contributed by atoms with Crippen LogP contribution in [0.2, 0.25) is 10.0 Å². The predicted molar refractivity (Wildman–Crippen MR) is 95.7 cm³/mol. The molecule has 0 atom stereocenters. The summed E-state index contributed by atoms with van der Waals surface area (Å²) in [5, 5.41) is 4.60. The fourth-order valence-electron chi connectivity index (χ4n) is 2.31. The van der Waals surface area contributed by atoms with Crippen molar-refractivity contribution < 1.29 is 0 Å². The third kappa shape index (κ3) is 3.82. The minimum absolute atomic E-state index is 0.634. The van der Waals surface area contributed by atoms with Crippen LogP contribution in [0.1, 0.15) is 5.56 Å². The van der Waals surface area contributed by atoms with E-state index in [2.05, 4.69) is 41.7 Å². The first-order valence-electron chi connectivity index (χ1n) is 7.05. The summed E-state index contributed by atoms with van der Waals surface area (Å²) >= 11 is 12.0. The maximum atomic E-state index is 6.00. The number of anilines is 1. The zero-order chi connectivity index (χ0) is 15.4. The van der Waals surface area contributed by atoms with Gasteiger partial charge in [0.1, 0.15) is 0 Å². The Kier molecular flexibility index (Phi) is 4.67. The van der Waals surface area contributed by atoms with Gasteiger partial charge in [-0.25, -0.2) is 0 Å². The topological polar surface area (TPSA) is 12.0 Å². The van der Waals surface area contributed by atoms with E-state index in [4.69, 9.17) is 23.2 Å². The highest BCUT2D eigenvalue weighted by atomic mass is 35.5. The molecule has 0 bridgehead atoms. The van der Waals surface area contributed by atoms with Crippen molar-refractivity contribution in [3.05, 3.63) is 88.4 Å². The Bertz CT molecular complexity index is 732. The predicted octanol–water partition coefficient (Wildman–Crippen LogP) is 6.27. The molecule has 0 fully saturated rings. The van der Waals surface area contributed by atoms with Crippen LogP contribution in [-0.2, 0) is 6.54 Å². The SMILES string of the molecule is Clc1cc(Cl)cc(NCc2ccc(-c3ccccc3)cc2)c1. The molecule has 0 aliphatic heterocycles. The van der Waals surface area contributed by atoms with Gasteiger partial charge in [0, 0.05) is 22.3 Å². The molecular formula is C19H15Cl2N. The van der Waals surface area contributed by atoms with Gasteiger partial charge in [-0.15, -0.1) is 0 Å². The van der Waals surface area contributed by atoms with Gasteiger partial charge in [-0.2, -0.15) is 0 Å². The van der Waals surface area contributed by atoms with Gasteiger partial charge >= 0.3 is 0 Å². The molecule has 0 radical (unpaired) electrons. The van der Waals surface area contributed by atoms with Gasteiger partial charge in [0.25, 0.3) is 0 Å². The van der Waals surface area contributed by atoms with E-state index in [1.165, 1.54) is 16.7 Å². The Morgan fingerprint density at radius 1 is 0.682 bits per heavy atom. The Morgan fingerprint density at radius 3 is 1.91 bits per heavy atom. The highest BCUT2D eigenvalue weighted by Gasteiger charge is 2.00. The molecule has 1 N–H and O–H groups in total. The lowest BCUT2D eigenvalue weighted by molar-refractivity contribution is 1.15. The van der Waals surface area contributed by atoms with Crippen molar-refractivity contribution in [1.82, 2.24) is 0 Å². The summed E-state index contributed by atoms with van der Waals surface area (Å²) in [4.78, 5) is 0. The maximum Gasteiger partial charge on any atom is 0.0441 e. The second-order valence-electron chi connectivity index (χ2n) is 5.07. The second kappa shape index (κ2) is 6.87. The molecule has 0 amide bonds. The van der Waals surface area contributed by atoms with Crippen LogP contribution in [0.5, 0.6) is 0 Å². The van der Waals surface area contributed by atoms with Crippen LogP contribution in [0.4, 0.5) is 5.69 Å². The zero-order valence-corrected chi connectivity index (χ0v) is 13.4. The first kappa shape index (κ1) is 15.0. The molecular weight excluding hydrogens is 313 g/mol. The monoisotopic (exact) mass is 327 g/mol. The standard InChI is InChI=1S/C19H15Cl2N/c20-17-10-18(21)12-19(11-17)22-13-14-6-8-16(9-7-14)15-4-2-1-3-5-15/h1-12,22H,13H2. The van der Waals surface area contributed by atoms with E-state index in [0.29, 0.717) is 10.0 Å². The lowest BCUT2D eigenvalue weighted by Crippen LogP contribution is -1.99. The minimum atomic E-state index is 0.634. The van der Waals surface area contributed by atoms with Gasteiger partial charge in [0.15, 0.2) is 0 Å². The third-order valence-electron chi connectivity index (χ3n) is 3.42. The van der Waals surface area contributed by atoms with Gasteiger partial charge < -0.3 is 5.32 Å². The fourth-order valence-corrected chi connectivity index (χ4v) is 2.83. The molecule has 3 rings (SSSR count). The van der Waals surface area contributed by atoms with Gasteiger partial charge in [0.2, 0.25) is 0 Å². The summed E-state index contributed by atoms with van der Waals surface area (Å²) in [6, 6.07) is 24.3. The molecule has 110 valence electrons. The number of nitrogens with one attached hydrogen (secondary N) is 1. The summed E-state index contributed by atoms with van der Waals surface area (Å²) in [6.45, 7) is 0.728. The van der Waals surface area contributed by atoms with E-state index in [1.807, 2.05) is 30.3 Å². The van der Waals surface area contributed by atoms with E-state index in [1.54, 1.807) is 6.07 Å². The molecule has 0 aliphatic carbocycles. The van der Waals surface area contributed by atoms with Crippen LogP contribution in [0.3, 0.4) is 0 Å². The molecule has 0 aromatic heterocycles. The number of halogens is 2. The number of benzene rings is 3. The van der Waals surface area contributed by atoms with Crippen LogP contribution in [0.15, 0.2) is 72.8 Å². The van der Waals surface area contributed by atoms with Crippen molar-refractivity contribution in [3.8, 4) is 11.1 Å². The average molecular weight is 328 g/mol. The zero-order valence-electron chi connectivity index (χ0n) is 11.9. The third-order valence-corrected chi connectivity index (χ3v) is 3.86. The van der Waals surface area contributed by atoms with Crippen molar-refractivity contribution >= 4 is 28.9 Å². The quantitative estimate of drug-likeness (QED) is 0.595. The molecule has 0 spiro atoms. The lowest BCUT2D eigenvalue weighted by atomic mass is 10.0. The number of hydrogen-bond acceptors (Lipinski definition) is 1. The Balaban J connectivity index is 1.69. The lowest BCUT2D eigenvalue weighted by Gasteiger charge is -2.09. The summed E-state index contributed by atoms with van der Waals surface area (Å²) in [7, 11) is 0. The first-order chi connectivity index (χ1) is 10.7. The van der Waals surface area contributed by atoms with Crippen LogP contribution < -0.4 is 5.32 Å². The molecule has 3 aromatic carbocycles. The first-order valence-corrected chi connectivity index (χ1v) is 7.81. The van der Waals surface area contributed by atoms with Gasteiger partial charge in [-0.05, 0) is 34.9 Å². The molecule has 3 heteroatoms. The Morgan fingerprint density at radius 2 is 1.27 bits per heavy atom. The summed E-state index contributed by atoms with van der Waals surface area (Å²) in [6.07, 6.45) is 0. The van der Waals surface area contributed by atoms with Crippen molar-refractivity contribution in [2.75, 3.05) is 5.32 Å². The maximum absolute atomic E-state index is 6.00. The van der Waals surface area contributed by atoms with Crippen LogP contribution in [-0.4, -0.2) is 0 Å².